The Morgan fingerprint density at radius 2 is 2.19 bits per heavy atom. The van der Waals surface area contributed by atoms with Gasteiger partial charge in [0, 0.05) is 30.4 Å². The van der Waals surface area contributed by atoms with Gasteiger partial charge in [0.15, 0.2) is 0 Å². The van der Waals surface area contributed by atoms with Gasteiger partial charge < -0.3 is 4.98 Å². The zero-order valence-corrected chi connectivity index (χ0v) is 10.8. The molecule has 0 saturated heterocycles. The van der Waals surface area contributed by atoms with Crippen molar-refractivity contribution in [2.24, 2.45) is 0 Å². The van der Waals surface area contributed by atoms with Gasteiger partial charge in [0.05, 0.1) is 0 Å². The van der Waals surface area contributed by atoms with Gasteiger partial charge in [0.2, 0.25) is 0 Å². The van der Waals surface area contributed by atoms with Crippen molar-refractivity contribution in [2.75, 3.05) is 6.54 Å². The molecule has 1 aliphatic rings. The van der Waals surface area contributed by atoms with Crippen LogP contribution in [0.5, 0.6) is 0 Å². The summed E-state index contributed by atoms with van der Waals surface area (Å²) in [6, 6.07) is 3.61. The van der Waals surface area contributed by atoms with Crippen molar-refractivity contribution in [3.8, 4) is 0 Å². The van der Waals surface area contributed by atoms with Gasteiger partial charge in [-0.2, -0.15) is 0 Å². The Morgan fingerprint density at radius 1 is 1.38 bits per heavy atom. The molecule has 0 bridgehead atoms. The number of aromatic nitrogens is 1. The SMILES string of the molecule is CCC[C@H]1c2cc[nH]c2C[C@@H](C)N1CCC. The third kappa shape index (κ3) is 2.03. The van der Waals surface area contributed by atoms with E-state index in [1.807, 2.05) is 0 Å². The van der Waals surface area contributed by atoms with Crippen LogP contribution in [-0.2, 0) is 6.42 Å². The molecule has 1 aliphatic heterocycles. The summed E-state index contributed by atoms with van der Waals surface area (Å²) in [5.74, 6) is 0. The summed E-state index contributed by atoms with van der Waals surface area (Å²) in [6.45, 7) is 8.16. The first-order chi connectivity index (χ1) is 7.77. The highest BCUT2D eigenvalue weighted by molar-refractivity contribution is 5.28. The van der Waals surface area contributed by atoms with E-state index in [0.29, 0.717) is 12.1 Å². The molecular weight excluding hydrogens is 196 g/mol. The number of aromatic amines is 1. The van der Waals surface area contributed by atoms with Crippen molar-refractivity contribution >= 4 is 0 Å². The van der Waals surface area contributed by atoms with Crippen molar-refractivity contribution < 1.29 is 0 Å². The molecule has 0 aliphatic carbocycles. The van der Waals surface area contributed by atoms with Crippen molar-refractivity contribution in [1.29, 1.82) is 0 Å². The van der Waals surface area contributed by atoms with E-state index in [9.17, 15) is 0 Å². The highest BCUT2D eigenvalue weighted by atomic mass is 15.2. The van der Waals surface area contributed by atoms with Crippen LogP contribution < -0.4 is 0 Å². The summed E-state index contributed by atoms with van der Waals surface area (Å²) in [5.41, 5.74) is 3.02. The summed E-state index contributed by atoms with van der Waals surface area (Å²) in [4.78, 5) is 6.11. The van der Waals surface area contributed by atoms with E-state index in [4.69, 9.17) is 0 Å². The minimum Gasteiger partial charge on any atom is -0.365 e. The fourth-order valence-electron chi connectivity index (χ4n) is 3.03. The zero-order valence-electron chi connectivity index (χ0n) is 10.8. The third-order valence-electron chi connectivity index (χ3n) is 3.74. The normalized spacial score (nSPS) is 25.7. The highest BCUT2D eigenvalue weighted by Gasteiger charge is 2.31. The second-order valence-corrected chi connectivity index (χ2v) is 5.01. The second kappa shape index (κ2) is 5.05. The van der Waals surface area contributed by atoms with Gasteiger partial charge >= 0.3 is 0 Å². The van der Waals surface area contributed by atoms with Crippen molar-refractivity contribution in [1.82, 2.24) is 9.88 Å². The maximum atomic E-state index is 3.41. The van der Waals surface area contributed by atoms with Gasteiger partial charge in [-0.15, -0.1) is 0 Å². The molecule has 1 aromatic heterocycles. The molecule has 0 saturated carbocycles. The Morgan fingerprint density at radius 3 is 2.88 bits per heavy atom. The number of nitrogens with zero attached hydrogens (tertiary/aromatic N) is 1. The molecule has 0 fully saturated rings. The third-order valence-corrected chi connectivity index (χ3v) is 3.74. The molecule has 1 aromatic rings. The molecule has 0 unspecified atom stereocenters. The number of rotatable bonds is 4. The van der Waals surface area contributed by atoms with Crippen LogP contribution in [0.2, 0.25) is 0 Å². The van der Waals surface area contributed by atoms with Crippen LogP contribution >= 0.6 is 0 Å². The Labute approximate surface area is 99.0 Å². The van der Waals surface area contributed by atoms with E-state index >= 15 is 0 Å². The lowest BCUT2D eigenvalue weighted by Crippen LogP contribution is -2.42. The number of hydrogen-bond acceptors (Lipinski definition) is 1. The maximum Gasteiger partial charge on any atom is 0.0368 e. The Kier molecular flexibility index (Phi) is 3.70. The van der Waals surface area contributed by atoms with Crippen molar-refractivity contribution in [3.05, 3.63) is 23.5 Å². The van der Waals surface area contributed by atoms with E-state index in [0.717, 1.165) is 0 Å². The smallest absolute Gasteiger partial charge is 0.0368 e. The maximum absolute atomic E-state index is 3.41. The first-order valence-corrected chi connectivity index (χ1v) is 6.69. The standard InChI is InChI=1S/C14H24N2/c1-4-6-14-12-7-8-15-13(12)10-11(3)16(14)9-5-2/h7-8,11,14-15H,4-6,9-10H2,1-3H3/t11-,14+/m1/s1. The number of fused-ring (bicyclic) bond motifs is 1. The number of H-pyrrole nitrogens is 1. The summed E-state index contributed by atoms with van der Waals surface area (Å²) < 4.78 is 0. The Hall–Kier alpha value is -0.760. The van der Waals surface area contributed by atoms with Crippen molar-refractivity contribution in [3.63, 3.8) is 0 Å². The van der Waals surface area contributed by atoms with Gasteiger partial charge in [-0.3, -0.25) is 4.90 Å². The average Bonchev–Trinajstić information content (AvgIpc) is 2.71. The van der Waals surface area contributed by atoms with Crippen LogP contribution in [0.15, 0.2) is 12.3 Å². The molecule has 16 heavy (non-hydrogen) atoms. The number of nitrogens with one attached hydrogen (secondary N) is 1. The van der Waals surface area contributed by atoms with Crippen molar-refractivity contribution in [2.45, 2.75) is 58.5 Å². The van der Waals surface area contributed by atoms with Crippen LogP contribution in [0, 0.1) is 0 Å². The molecule has 90 valence electrons. The predicted octanol–water partition coefficient (Wildman–Crippen LogP) is 3.51. The lowest BCUT2D eigenvalue weighted by molar-refractivity contribution is 0.119. The van der Waals surface area contributed by atoms with E-state index < -0.39 is 0 Å². The molecule has 2 nitrogen and oxygen atoms in total. The highest BCUT2D eigenvalue weighted by Crippen LogP contribution is 2.35. The summed E-state index contributed by atoms with van der Waals surface area (Å²) >= 11 is 0. The molecule has 0 aromatic carbocycles. The molecule has 0 radical (unpaired) electrons. The van der Waals surface area contributed by atoms with Crippen LogP contribution in [0.25, 0.3) is 0 Å². The minimum absolute atomic E-state index is 0.648. The van der Waals surface area contributed by atoms with Gasteiger partial charge in [-0.25, -0.2) is 0 Å². The second-order valence-electron chi connectivity index (χ2n) is 5.01. The fourth-order valence-corrected chi connectivity index (χ4v) is 3.03. The molecular formula is C14H24N2. The van der Waals surface area contributed by atoms with Crippen LogP contribution in [0.3, 0.4) is 0 Å². The van der Waals surface area contributed by atoms with E-state index in [1.165, 1.54) is 37.9 Å². The first kappa shape index (κ1) is 11.7. The molecule has 0 amide bonds. The zero-order chi connectivity index (χ0) is 11.5. The van der Waals surface area contributed by atoms with Crippen LogP contribution in [0.4, 0.5) is 0 Å². The molecule has 2 heterocycles. The lowest BCUT2D eigenvalue weighted by atomic mass is 9.91. The van der Waals surface area contributed by atoms with Crippen LogP contribution in [0.1, 0.15) is 57.3 Å². The molecule has 0 spiro atoms. The van der Waals surface area contributed by atoms with Gasteiger partial charge in [0.25, 0.3) is 0 Å². The number of hydrogen-bond donors (Lipinski definition) is 1. The molecule has 1 N–H and O–H groups in total. The fraction of sp³-hybridized carbons (Fsp3) is 0.714. The largest absolute Gasteiger partial charge is 0.365 e. The Bertz CT molecular complexity index is 329. The first-order valence-electron chi connectivity index (χ1n) is 6.69. The lowest BCUT2D eigenvalue weighted by Gasteiger charge is -2.40. The van der Waals surface area contributed by atoms with Gasteiger partial charge in [0.1, 0.15) is 0 Å². The topological polar surface area (TPSA) is 19.0 Å². The molecule has 2 atom stereocenters. The molecule has 2 heteroatoms. The van der Waals surface area contributed by atoms with E-state index in [1.54, 1.807) is 5.56 Å². The average molecular weight is 220 g/mol. The quantitative estimate of drug-likeness (QED) is 0.822. The van der Waals surface area contributed by atoms with Gasteiger partial charge in [-0.05, 0) is 37.9 Å². The molecule has 2 rings (SSSR count). The monoisotopic (exact) mass is 220 g/mol. The van der Waals surface area contributed by atoms with E-state index in [-0.39, 0.29) is 0 Å². The summed E-state index contributed by atoms with van der Waals surface area (Å²) in [7, 11) is 0. The minimum atomic E-state index is 0.648. The summed E-state index contributed by atoms with van der Waals surface area (Å²) in [6.07, 6.45) is 7.10. The summed E-state index contributed by atoms with van der Waals surface area (Å²) in [5, 5.41) is 0. The van der Waals surface area contributed by atoms with E-state index in [2.05, 4.69) is 42.9 Å². The Balaban J connectivity index is 2.26. The van der Waals surface area contributed by atoms with Gasteiger partial charge in [-0.1, -0.05) is 20.3 Å². The predicted molar refractivity (Wildman–Crippen MR) is 68.6 cm³/mol. The van der Waals surface area contributed by atoms with Crippen LogP contribution in [-0.4, -0.2) is 22.5 Å².